The second-order valence-electron chi connectivity index (χ2n) is 3.72. The van der Waals surface area contributed by atoms with E-state index >= 15 is 0 Å². The smallest absolute Gasteiger partial charge is 0.250 e. The maximum Gasteiger partial charge on any atom is 0.250 e. The lowest BCUT2D eigenvalue weighted by atomic mass is 10.2. The van der Waals surface area contributed by atoms with Gasteiger partial charge in [0.25, 0.3) is 0 Å². The van der Waals surface area contributed by atoms with Gasteiger partial charge in [-0.25, -0.2) is 13.1 Å². The van der Waals surface area contributed by atoms with E-state index in [1.807, 2.05) is 13.8 Å². The number of thiophene rings is 1. The van der Waals surface area contributed by atoms with E-state index in [1.165, 1.54) is 11.3 Å². The van der Waals surface area contributed by atoms with Gasteiger partial charge < -0.3 is 5.73 Å². The van der Waals surface area contributed by atoms with E-state index in [2.05, 4.69) is 4.72 Å². The first kappa shape index (κ1) is 12.6. The van der Waals surface area contributed by atoms with Crippen molar-refractivity contribution in [3.8, 4) is 0 Å². The lowest BCUT2D eigenvalue weighted by molar-refractivity contribution is 0.562. The van der Waals surface area contributed by atoms with Crippen LogP contribution in [0.4, 0.5) is 0 Å². The van der Waals surface area contributed by atoms with Crippen LogP contribution in [-0.4, -0.2) is 15.0 Å². The minimum atomic E-state index is -3.33. The molecule has 0 saturated heterocycles. The Hall–Kier alpha value is -0.430. The molecule has 0 unspecified atom stereocenters. The highest BCUT2D eigenvalue weighted by Crippen LogP contribution is 2.19. The summed E-state index contributed by atoms with van der Waals surface area (Å²) in [6, 6.07) is 1.62. The van der Waals surface area contributed by atoms with Gasteiger partial charge in [-0.1, -0.05) is 13.8 Å². The van der Waals surface area contributed by atoms with Crippen LogP contribution in [0.2, 0.25) is 0 Å². The molecule has 0 bridgehead atoms. The average Bonchev–Trinajstić information content (AvgIpc) is 2.63. The fourth-order valence-electron chi connectivity index (χ4n) is 0.949. The minimum Gasteiger partial charge on any atom is -0.326 e. The fraction of sp³-hybridized carbons (Fsp3) is 0.556. The molecule has 3 N–H and O–H groups in total. The number of hydrogen-bond acceptors (Lipinski definition) is 4. The van der Waals surface area contributed by atoms with Crippen molar-refractivity contribution in [2.24, 2.45) is 11.7 Å². The van der Waals surface area contributed by atoms with Crippen molar-refractivity contribution in [2.75, 3.05) is 6.54 Å². The second kappa shape index (κ2) is 5.07. The Bertz CT molecular complexity index is 410. The summed E-state index contributed by atoms with van der Waals surface area (Å²) in [6.45, 7) is 4.75. The van der Waals surface area contributed by atoms with E-state index in [0.717, 1.165) is 5.56 Å². The Morgan fingerprint density at radius 2 is 2.20 bits per heavy atom. The van der Waals surface area contributed by atoms with Crippen molar-refractivity contribution in [1.82, 2.24) is 4.72 Å². The lowest BCUT2D eigenvalue weighted by Crippen LogP contribution is -2.26. The van der Waals surface area contributed by atoms with E-state index in [0.29, 0.717) is 23.2 Å². The molecule has 0 radical (unpaired) electrons. The molecule has 1 heterocycles. The molecule has 0 aliphatic carbocycles. The number of sulfonamides is 1. The molecule has 1 aromatic heterocycles. The molecule has 0 fully saturated rings. The highest BCUT2D eigenvalue weighted by molar-refractivity contribution is 7.91. The van der Waals surface area contributed by atoms with Gasteiger partial charge in [0.2, 0.25) is 10.0 Å². The molecule has 0 amide bonds. The van der Waals surface area contributed by atoms with Gasteiger partial charge in [0, 0.05) is 13.1 Å². The average molecular weight is 248 g/mol. The van der Waals surface area contributed by atoms with Crippen LogP contribution in [0.25, 0.3) is 0 Å². The zero-order valence-electron chi connectivity index (χ0n) is 8.86. The fourth-order valence-corrected chi connectivity index (χ4v) is 3.43. The van der Waals surface area contributed by atoms with Crippen LogP contribution in [0.5, 0.6) is 0 Å². The van der Waals surface area contributed by atoms with Gasteiger partial charge in [0.05, 0.1) is 0 Å². The van der Waals surface area contributed by atoms with Crippen molar-refractivity contribution in [3.05, 3.63) is 17.0 Å². The largest absolute Gasteiger partial charge is 0.326 e. The highest BCUT2D eigenvalue weighted by Gasteiger charge is 2.16. The summed E-state index contributed by atoms with van der Waals surface area (Å²) in [5.74, 6) is 0.300. The topological polar surface area (TPSA) is 72.2 Å². The van der Waals surface area contributed by atoms with Crippen LogP contribution in [0.15, 0.2) is 15.7 Å². The molecule has 86 valence electrons. The van der Waals surface area contributed by atoms with Crippen molar-refractivity contribution in [1.29, 1.82) is 0 Å². The Labute approximate surface area is 94.5 Å². The second-order valence-corrected chi connectivity index (χ2v) is 6.63. The van der Waals surface area contributed by atoms with Crippen molar-refractivity contribution in [3.63, 3.8) is 0 Å². The molecule has 6 heteroatoms. The van der Waals surface area contributed by atoms with Crippen molar-refractivity contribution < 1.29 is 8.42 Å². The van der Waals surface area contributed by atoms with E-state index in [9.17, 15) is 8.42 Å². The third-order valence-corrected chi connectivity index (χ3v) is 4.72. The predicted molar refractivity (Wildman–Crippen MR) is 62.2 cm³/mol. The highest BCUT2D eigenvalue weighted by atomic mass is 32.2. The normalized spacial score (nSPS) is 12.3. The quantitative estimate of drug-likeness (QED) is 0.821. The maximum atomic E-state index is 11.7. The summed E-state index contributed by atoms with van der Waals surface area (Å²) in [5.41, 5.74) is 6.27. The summed E-state index contributed by atoms with van der Waals surface area (Å²) in [7, 11) is -3.33. The number of rotatable bonds is 5. The molecule has 1 rings (SSSR count). The first-order valence-corrected chi connectivity index (χ1v) is 7.09. The predicted octanol–water partition coefficient (Wildman–Crippen LogP) is 1.14. The molecule has 0 spiro atoms. The lowest BCUT2D eigenvalue weighted by Gasteiger charge is -2.06. The van der Waals surface area contributed by atoms with Gasteiger partial charge >= 0.3 is 0 Å². The Morgan fingerprint density at radius 3 is 2.67 bits per heavy atom. The van der Waals surface area contributed by atoms with Gasteiger partial charge in [-0.05, 0) is 22.9 Å². The summed E-state index contributed by atoms with van der Waals surface area (Å²) < 4.78 is 26.3. The minimum absolute atomic E-state index is 0.300. The number of nitrogens with two attached hydrogens (primary N) is 1. The van der Waals surface area contributed by atoms with Crippen LogP contribution in [0, 0.1) is 5.92 Å². The number of hydrogen-bond donors (Lipinski definition) is 2. The third kappa shape index (κ3) is 3.57. The van der Waals surface area contributed by atoms with Crippen LogP contribution in [0.3, 0.4) is 0 Å². The van der Waals surface area contributed by atoms with Crippen molar-refractivity contribution in [2.45, 2.75) is 24.6 Å². The Balaban J connectivity index is 2.77. The van der Waals surface area contributed by atoms with Crippen LogP contribution in [-0.2, 0) is 16.6 Å². The molecular formula is C9H16N2O2S2. The van der Waals surface area contributed by atoms with Crippen LogP contribution >= 0.6 is 11.3 Å². The molecule has 0 saturated carbocycles. The first-order chi connectivity index (χ1) is 6.95. The molecular weight excluding hydrogens is 232 g/mol. The van der Waals surface area contributed by atoms with Crippen LogP contribution < -0.4 is 10.5 Å². The zero-order chi connectivity index (χ0) is 11.5. The van der Waals surface area contributed by atoms with Crippen molar-refractivity contribution >= 4 is 21.4 Å². The summed E-state index contributed by atoms with van der Waals surface area (Å²) in [6.07, 6.45) is 0. The van der Waals surface area contributed by atoms with Crippen LogP contribution in [0.1, 0.15) is 19.4 Å². The van der Waals surface area contributed by atoms with Gasteiger partial charge in [-0.3, -0.25) is 0 Å². The molecule has 0 aliphatic heterocycles. The standard InChI is InChI=1S/C9H16N2O2S2/c1-7(2)5-11-15(12,13)9-3-8(4-10)6-14-9/h3,6-7,11H,4-5,10H2,1-2H3. The van der Waals surface area contributed by atoms with Gasteiger partial charge in [0.1, 0.15) is 4.21 Å². The van der Waals surface area contributed by atoms with E-state index < -0.39 is 10.0 Å². The SMILES string of the molecule is CC(C)CNS(=O)(=O)c1cc(CN)cs1. The molecule has 0 aromatic carbocycles. The van der Waals surface area contributed by atoms with Gasteiger partial charge in [-0.2, -0.15) is 0 Å². The van der Waals surface area contributed by atoms with Gasteiger partial charge in [-0.15, -0.1) is 11.3 Å². The summed E-state index contributed by atoms with van der Waals surface area (Å²) in [5, 5.41) is 1.77. The Kier molecular flexibility index (Phi) is 4.27. The molecule has 0 aliphatic rings. The molecule has 15 heavy (non-hydrogen) atoms. The summed E-state index contributed by atoms with van der Waals surface area (Å²) in [4.78, 5) is 0. The molecule has 0 atom stereocenters. The molecule has 4 nitrogen and oxygen atoms in total. The van der Waals surface area contributed by atoms with E-state index in [-0.39, 0.29) is 0 Å². The molecule has 1 aromatic rings. The summed E-state index contributed by atoms with van der Waals surface area (Å²) >= 11 is 1.20. The number of nitrogens with one attached hydrogen (secondary N) is 1. The maximum absolute atomic E-state index is 11.7. The van der Waals surface area contributed by atoms with E-state index in [1.54, 1.807) is 11.4 Å². The third-order valence-electron chi connectivity index (χ3n) is 1.81. The van der Waals surface area contributed by atoms with Gasteiger partial charge in [0.15, 0.2) is 0 Å². The zero-order valence-corrected chi connectivity index (χ0v) is 10.5. The monoisotopic (exact) mass is 248 g/mol. The van der Waals surface area contributed by atoms with E-state index in [4.69, 9.17) is 5.73 Å². The first-order valence-electron chi connectivity index (χ1n) is 4.73. The Morgan fingerprint density at radius 1 is 1.53 bits per heavy atom.